The van der Waals surface area contributed by atoms with Crippen molar-refractivity contribution in [3.05, 3.63) is 60.1 Å². The molecule has 0 aromatic rings. The summed E-state index contributed by atoms with van der Waals surface area (Å²) in [4.78, 5) is 25.7. The van der Waals surface area contributed by atoms with E-state index in [9.17, 15) is 40.2 Å². The summed E-state index contributed by atoms with van der Waals surface area (Å²) >= 11 is 0. The zero-order valence-corrected chi connectivity index (χ0v) is 20.7. The molecule has 1 fully saturated rings. The third-order valence-corrected chi connectivity index (χ3v) is 6.43. The number of allylic oxidation sites excluding steroid dienone is 4. The second-order valence-electron chi connectivity index (χ2n) is 8.90. The number of aliphatic hydroxyl groups excluding tert-OH is 5. The summed E-state index contributed by atoms with van der Waals surface area (Å²) in [5.74, 6) is -3.32. The van der Waals surface area contributed by atoms with E-state index in [1.165, 1.54) is 19.3 Å². The van der Waals surface area contributed by atoms with Crippen LogP contribution in [0, 0.1) is 11.8 Å². The molecular formula is C25H33NO12. The van der Waals surface area contributed by atoms with Crippen LogP contribution in [0.15, 0.2) is 60.1 Å². The minimum absolute atomic E-state index is 0.105. The number of hydrogen-bond donors (Lipinski definition) is 6. The van der Waals surface area contributed by atoms with E-state index >= 15 is 0 Å². The van der Waals surface area contributed by atoms with Crippen LogP contribution in [0.2, 0.25) is 0 Å². The molecule has 13 nitrogen and oxygen atoms in total. The fourth-order valence-corrected chi connectivity index (χ4v) is 4.38. The van der Waals surface area contributed by atoms with E-state index < -0.39 is 67.4 Å². The number of carbonyl (C=O) groups excluding carboxylic acids is 1. The van der Waals surface area contributed by atoms with Gasteiger partial charge in [0, 0.05) is 25.2 Å². The summed E-state index contributed by atoms with van der Waals surface area (Å²) in [5, 5.41) is 58.6. The van der Waals surface area contributed by atoms with Gasteiger partial charge in [0.15, 0.2) is 6.29 Å². The molecule has 0 bridgehead atoms. The van der Waals surface area contributed by atoms with Gasteiger partial charge in [-0.15, -0.1) is 6.58 Å². The van der Waals surface area contributed by atoms with Crippen molar-refractivity contribution in [2.75, 3.05) is 33.4 Å². The molecule has 0 amide bonds. The van der Waals surface area contributed by atoms with Crippen LogP contribution in [0.1, 0.15) is 0 Å². The number of aliphatic hydroxyl groups is 5. The normalized spacial score (nSPS) is 33.6. The number of nitrogens with zero attached hydrogens (tertiary/aromatic N) is 1. The van der Waals surface area contributed by atoms with E-state index in [1.807, 2.05) is 0 Å². The maximum Gasteiger partial charge on any atom is 0.337 e. The second-order valence-corrected chi connectivity index (χ2v) is 8.90. The fraction of sp³-hybridized carbons (Fsp3) is 0.520. The van der Waals surface area contributed by atoms with Crippen molar-refractivity contribution >= 4 is 11.9 Å². The molecule has 0 aromatic heterocycles. The number of esters is 1. The molecule has 210 valence electrons. The predicted octanol–water partition coefficient (Wildman–Crippen LogP) is -1.61. The molecule has 3 aliphatic heterocycles. The summed E-state index contributed by atoms with van der Waals surface area (Å²) in [6, 6.07) is 0. The molecule has 13 heteroatoms. The molecule has 0 radical (unpaired) electrons. The van der Waals surface area contributed by atoms with Gasteiger partial charge in [-0.1, -0.05) is 18.2 Å². The number of hydrogen-bond acceptors (Lipinski definition) is 12. The lowest BCUT2D eigenvalue weighted by Crippen LogP contribution is -2.60. The highest BCUT2D eigenvalue weighted by Gasteiger charge is 2.47. The van der Waals surface area contributed by atoms with Crippen LogP contribution >= 0.6 is 0 Å². The van der Waals surface area contributed by atoms with Crippen molar-refractivity contribution < 1.29 is 59.2 Å². The lowest BCUT2D eigenvalue weighted by atomic mass is 9.83. The smallest absolute Gasteiger partial charge is 0.337 e. The lowest BCUT2D eigenvalue weighted by Gasteiger charge is -2.42. The highest BCUT2D eigenvalue weighted by atomic mass is 16.8. The molecule has 3 aliphatic rings. The summed E-state index contributed by atoms with van der Waals surface area (Å²) in [6.07, 6.45) is 0.143. The van der Waals surface area contributed by atoms with Gasteiger partial charge in [0.05, 0.1) is 43.6 Å². The Hall–Kier alpha value is -3.04. The lowest BCUT2D eigenvalue weighted by molar-refractivity contribution is -0.338. The maximum atomic E-state index is 12.5. The van der Waals surface area contributed by atoms with Crippen molar-refractivity contribution in [2.24, 2.45) is 11.8 Å². The standard InChI is InChI=1S/C25H33NO12/c1-3-15-16(5-4-13-8-14(22(32)33)10-26(9-13)6-7-27)17(23(34)35-2)12-36-24(15)38-25-21(31)20(30)19(29)18(11-28)37-25/h3-5,8-9,12,15-16,18-21,24-25,27-31H,1,6-7,10-11H2,2H3,(H,32,33). The minimum Gasteiger partial charge on any atom is -0.478 e. The van der Waals surface area contributed by atoms with Crippen LogP contribution in [0.4, 0.5) is 0 Å². The highest BCUT2D eigenvalue weighted by molar-refractivity contribution is 5.89. The molecule has 3 rings (SSSR count). The fourth-order valence-electron chi connectivity index (χ4n) is 4.38. The van der Waals surface area contributed by atoms with E-state index in [2.05, 4.69) is 6.58 Å². The largest absolute Gasteiger partial charge is 0.478 e. The zero-order chi connectivity index (χ0) is 28.0. The molecule has 8 unspecified atom stereocenters. The van der Waals surface area contributed by atoms with E-state index in [1.54, 1.807) is 23.3 Å². The Morgan fingerprint density at radius 2 is 1.92 bits per heavy atom. The summed E-state index contributed by atoms with van der Waals surface area (Å²) in [6.45, 7) is 3.31. The van der Waals surface area contributed by atoms with Crippen molar-refractivity contribution in [3.63, 3.8) is 0 Å². The van der Waals surface area contributed by atoms with E-state index in [4.69, 9.17) is 18.9 Å². The monoisotopic (exact) mass is 539 g/mol. The average molecular weight is 540 g/mol. The van der Waals surface area contributed by atoms with Gasteiger partial charge in [0.25, 0.3) is 0 Å². The van der Waals surface area contributed by atoms with Crippen molar-refractivity contribution in [1.82, 2.24) is 4.90 Å². The van der Waals surface area contributed by atoms with E-state index in [-0.39, 0.29) is 30.8 Å². The first-order valence-corrected chi connectivity index (χ1v) is 11.9. The van der Waals surface area contributed by atoms with Crippen molar-refractivity contribution in [1.29, 1.82) is 0 Å². The van der Waals surface area contributed by atoms with Crippen LogP contribution < -0.4 is 0 Å². The molecule has 0 saturated carbocycles. The SMILES string of the molecule is C=CC1C(OC2OC(CO)C(O)C(O)C2O)OC=C(C(=O)OC)C1C=CC1=CN(CCO)CC(C(=O)O)=C1. The third-order valence-electron chi connectivity index (χ3n) is 6.43. The third kappa shape index (κ3) is 6.50. The van der Waals surface area contributed by atoms with Gasteiger partial charge in [-0.3, -0.25) is 0 Å². The Kier molecular flexibility index (Phi) is 10.2. The minimum atomic E-state index is -1.67. The maximum absolute atomic E-state index is 12.5. The number of aliphatic carboxylic acids is 1. The Morgan fingerprint density at radius 3 is 2.53 bits per heavy atom. The summed E-state index contributed by atoms with van der Waals surface area (Å²) < 4.78 is 21.6. The van der Waals surface area contributed by atoms with Gasteiger partial charge < -0.3 is 54.5 Å². The van der Waals surface area contributed by atoms with Gasteiger partial charge in [0.2, 0.25) is 6.29 Å². The first-order valence-electron chi connectivity index (χ1n) is 11.9. The topological polar surface area (TPSA) is 196 Å². The Morgan fingerprint density at radius 1 is 1.18 bits per heavy atom. The first kappa shape index (κ1) is 29.5. The highest BCUT2D eigenvalue weighted by Crippen LogP contribution is 2.36. The van der Waals surface area contributed by atoms with Crippen LogP contribution in [0.25, 0.3) is 0 Å². The molecule has 0 spiro atoms. The summed E-state index contributed by atoms with van der Waals surface area (Å²) in [5.41, 5.74) is 0.709. The number of ether oxygens (including phenoxy) is 4. The number of carboxylic acid groups (broad SMARTS) is 1. The number of methoxy groups -OCH3 is 1. The zero-order valence-electron chi connectivity index (χ0n) is 20.7. The molecule has 0 aliphatic carbocycles. The summed E-state index contributed by atoms with van der Waals surface area (Å²) in [7, 11) is 1.20. The number of β-amino-alcohol motifs (C(OH)–C–C–N with tert-alkyl or cyclic N) is 1. The van der Waals surface area contributed by atoms with Gasteiger partial charge in [-0.25, -0.2) is 9.59 Å². The number of rotatable bonds is 10. The van der Waals surface area contributed by atoms with Gasteiger partial charge in [-0.05, 0) is 11.6 Å². The van der Waals surface area contributed by atoms with E-state index in [0.29, 0.717) is 5.57 Å². The van der Waals surface area contributed by atoms with Crippen LogP contribution in [-0.2, 0) is 28.5 Å². The average Bonchev–Trinajstić information content (AvgIpc) is 2.91. The molecule has 38 heavy (non-hydrogen) atoms. The van der Waals surface area contributed by atoms with Crippen LogP contribution in [-0.4, -0.2) is 118 Å². The molecule has 1 saturated heterocycles. The van der Waals surface area contributed by atoms with Crippen molar-refractivity contribution in [3.8, 4) is 0 Å². The number of carbonyl (C=O) groups is 2. The Balaban J connectivity index is 1.90. The van der Waals surface area contributed by atoms with Crippen LogP contribution in [0.3, 0.4) is 0 Å². The van der Waals surface area contributed by atoms with Crippen molar-refractivity contribution in [2.45, 2.75) is 37.0 Å². The first-order chi connectivity index (χ1) is 18.1. The predicted molar refractivity (Wildman–Crippen MR) is 129 cm³/mol. The van der Waals surface area contributed by atoms with E-state index in [0.717, 1.165) is 6.26 Å². The molecule has 0 aromatic carbocycles. The quantitative estimate of drug-likeness (QED) is 0.137. The number of carboxylic acids is 1. The molecular weight excluding hydrogens is 506 g/mol. The molecule has 6 N–H and O–H groups in total. The molecule has 8 atom stereocenters. The van der Waals surface area contributed by atoms with Crippen LogP contribution in [0.5, 0.6) is 0 Å². The van der Waals surface area contributed by atoms with Gasteiger partial charge in [0.1, 0.15) is 24.4 Å². The Bertz CT molecular complexity index is 1000. The molecule has 3 heterocycles. The Labute approximate surface area is 218 Å². The second kappa shape index (κ2) is 13.2. The van der Waals surface area contributed by atoms with Gasteiger partial charge >= 0.3 is 11.9 Å². The van der Waals surface area contributed by atoms with Gasteiger partial charge in [-0.2, -0.15) is 0 Å².